The molecular formula is C10H14O3. The Hall–Kier alpha value is -1.38. The third-order valence-electron chi connectivity index (χ3n) is 1.53. The van der Waals surface area contributed by atoms with Crippen LogP contribution in [0.2, 0.25) is 0 Å². The zero-order chi connectivity index (χ0) is 9.84. The van der Waals surface area contributed by atoms with Crippen LogP contribution in [0.15, 0.2) is 18.2 Å². The third kappa shape index (κ3) is 2.54. The number of methoxy groups -OCH3 is 1. The summed E-state index contributed by atoms with van der Waals surface area (Å²) in [6.45, 7) is 3.80. The molecule has 0 spiro atoms. The first-order valence-electron chi connectivity index (χ1n) is 4.17. The minimum Gasteiger partial charge on any atom is -0.504 e. The number of phenolic OH excluding ortho intramolecular Hbond substituents is 1. The maximum Gasteiger partial charge on any atom is 0.164 e. The summed E-state index contributed by atoms with van der Waals surface area (Å²) in [5.41, 5.74) is 0. The van der Waals surface area contributed by atoms with Gasteiger partial charge in [-0.05, 0) is 26.0 Å². The van der Waals surface area contributed by atoms with Crippen molar-refractivity contribution in [3.8, 4) is 17.2 Å². The fourth-order valence-electron chi connectivity index (χ4n) is 0.970. The molecule has 0 amide bonds. The van der Waals surface area contributed by atoms with Crippen LogP contribution in [0.3, 0.4) is 0 Å². The summed E-state index contributed by atoms with van der Waals surface area (Å²) in [6.07, 6.45) is 0.0398. The summed E-state index contributed by atoms with van der Waals surface area (Å²) in [5.74, 6) is 1.26. The van der Waals surface area contributed by atoms with E-state index in [1.807, 2.05) is 13.8 Å². The van der Waals surface area contributed by atoms with Crippen LogP contribution in [0.1, 0.15) is 13.8 Å². The van der Waals surface area contributed by atoms with Crippen molar-refractivity contribution in [2.45, 2.75) is 20.0 Å². The average Bonchev–Trinajstić information content (AvgIpc) is 2.08. The molecular weight excluding hydrogens is 168 g/mol. The van der Waals surface area contributed by atoms with Crippen molar-refractivity contribution in [2.75, 3.05) is 7.11 Å². The fourth-order valence-corrected chi connectivity index (χ4v) is 0.970. The molecule has 1 N–H and O–H groups in total. The molecule has 1 aromatic carbocycles. The molecule has 1 aromatic rings. The van der Waals surface area contributed by atoms with Gasteiger partial charge in [0, 0.05) is 6.07 Å². The van der Waals surface area contributed by atoms with E-state index in [1.54, 1.807) is 25.3 Å². The van der Waals surface area contributed by atoms with Gasteiger partial charge < -0.3 is 14.6 Å². The first-order valence-corrected chi connectivity index (χ1v) is 4.17. The molecule has 0 aliphatic rings. The van der Waals surface area contributed by atoms with Gasteiger partial charge in [0.1, 0.15) is 5.75 Å². The molecule has 0 saturated heterocycles. The van der Waals surface area contributed by atoms with E-state index in [0.29, 0.717) is 11.5 Å². The van der Waals surface area contributed by atoms with Crippen molar-refractivity contribution in [2.24, 2.45) is 0 Å². The van der Waals surface area contributed by atoms with Crippen LogP contribution in [0.5, 0.6) is 17.2 Å². The normalized spacial score (nSPS) is 10.2. The predicted octanol–water partition coefficient (Wildman–Crippen LogP) is 2.19. The smallest absolute Gasteiger partial charge is 0.164 e. The summed E-state index contributed by atoms with van der Waals surface area (Å²) < 4.78 is 10.4. The zero-order valence-corrected chi connectivity index (χ0v) is 8.07. The standard InChI is InChI=1S/C10H14O3/c1-7(2)13-10-6-8(12-3)4-5-9(10)11/h4-7,11H,1-3H3. The topological polar surface area (TPSA) is 38.7 Å². The van der Waals surface area contributed by atoms with Crippen molar-refractivity contribution in [1.29, 1.82) is 0 Å². The van der Waals surface area contributed by atoms with Gasteiger partial charge in [0.25, 0.3) is 0 Å². The summed E-state index contributed by atoms with van der Waals surface area (Å²) in [4.78, 5) is 0. The lowest BCUT2D eigenvalue weighted by molar-refractivity contribution is 0.230. The van der Waals surface area contributed by atoms with E-state index in [-0.39, 0.29) is 11.9 Å². The summed E-state index contributed by atoms with van der Waals surface area (Å²) in [7, 11) is 1.57. The second-order valence-corrected chi connectivity index (χ2v) is 3.00. The number of rotatable bonds is 3. The largest absolute Gasteiger partial charge is 0.504 e. The Bertz CT molecular complexity index is 281. The van der Waals surface area contributed by atoms with E-state index in [9.17, 15) is 5.11 Å². The van der Waals surface area contributed by atoms with Gasteiger partial charge in [0.15, 0.2) is 11.5 Å². The molecule has 0 bridgehead atoms. The van der Waals surface area contributed by atoms with Crippen LogP contribution < -0.4 is 9.47 Å². The van der Waals surface area contributed by atoms with Gasteiger partial charge in [0.2, 0.25) is 0 Å². The molecule has 0 atom stereocenters. The van der Waals surface area contributed by atoms with Gasteiger partial charge in [0.05, 0.1) is 13.2 Å². The first kappa shape index (κ1) is 9.71. The van der Waals surface area contributed by atoms with Crippen molar-refractivity contribution in [3.05, 3.63) is 18.2 Å². The van der Waals surface area contributed by atoms with Crippen molar-refractivity contribution >= 4 is 0 Å². The van der Waals surface area contributed by atoms with Crippen molar-refractivity contribution < 1.29 is 14.6 Å². The zero-order valence-electron chi connectivity index (χ0n) is 8.07. The Kier molecular flexibility index (Phi) is 3.01. The summed E-state index contributed by atoms with van der Waals surface area (Å²) >= 11 is 0. The SMILES string of the molecule is COc1ccc(O)c(OC(C)C)c1. The first-order chi connectivity index (χ1) is 6.13. The Morgan fingerprint density at radius 1 is 1.31 bits per heavy atom. The van der Waals surface area contributed by atoms with E-state index < -0.39 is 0 Å². The van der Waals surface area contributed by atoms with Gasteiger partial charge >= 0.3 is 0 Å². The lowest BCUT2D eigenvalue weighted by Gasteiger charge is -2.11. The Balaban J connectivity index is 2.90. The molecule has 1 rings (SSSR count). The number of phenols is 1. The molecule has 0 aliphatic carbocycles. The lowest BCUT2D eigenvalue weighted by atomic mass is 10.3. The molecule has 72 valence electrons. The summed E-state index contributed by atoms with van der Waals surface area (Å²) in [5, 5.41) is 9.40. The van der Waals surface area contributed by atoms with Gasteiger partial charge in [-0.3, -0.25) is 0 Å². The second-order valence-electron chi connectivity index (χ2n) is 3.00. The molecule has 0 unspecified atom stereocenters. The molecule has 0 radical (unpaired) electrons. The van der Waals surface area contributed by atoms with Crippen LogP contribution in [0, 0.1) is 0 Å². The Morgan fingerprint density at radius 3 is 2.54 bits per heavy atom. The number of benzene rings is 1. The maximum atomic E-state index is 9.40. The minimum absolute atomic E-state index is 0.0398. The van der Waals surface area contributed by atoms with Gasteiger partial charge in [-0.15, -0.1) is 0 Å². The monoisotopic (exact) mass is 182 g/mol. The minimum atomic E-state index is 0.0398. The molecule has 0 fully saturated rings. The molecule has 0 aliphatic heterocycles. The van der Waals surface area contributed by atoms with Gasteiger partial charge in [-0.1, -0.05) is 0 Å². The van der Waals surface area contributed by atoms with Crippen LogP contribution in [-0.4, -0.2) is 18.3 Å². The highest BCUT2D eigenvalue weighted by Gasteiger charge is 2.05. The van der Waals surface area contributed by atoms with Crippen LogP contribution in [0.25, 0.3) is 0 Å². The van der Waals surface area contributed by atoms with Crippen LogP contribution >= 0.6 is 0 Å². The highest BCUT2D eigenvalue weighted by Crippen LogP contribution is 2.30. The van der Waals surface area contributed by atoms with Crippen LogP contribution in [-0.2, 0) is 0 Å². The molecule has 0 aromatic heterocycles. The van der Waals surface area contributed by atoms with E-state index >= 15 is 0 Å². The quantitative estimate of drug-likeness (QED) is 0.778. The highest BCUT2D eigenvalue weighted by molar-refractivity contribution is 5.44. The average molecular weight is 182 g/mol. The Labute approximate surface area is 77.9 Å². The van der Waals surface area contributed by atoms with Gasteiger partial charge in [-0.2, -0.15) is 0 Å². The third-order valence-corrected chi connectivity index (χ3v) is 1.53. The second kappa shape index (κ2) is 4.03. The van der Waals surface area contributed by atoms with E-state index in [2.05, 4.69) is 0 Å². The Morgan fingerprint density at radius 2 is 2.00 bits per heavy atom. The number of hydrogen-bond donors (Lipinski definition) is 1. The molecule has 3 heteroatoms. The molecule has 0 saturated carbocycles. The van der Waals surface area contributed by atoms with E-state index in [0.717, 1.165) is 0 Å². The van der Waals surface area contributed by atoms with E-state index in [1.165, 1.54) is 0 Å². The lowest BCUT2D eigenvalue weighted by Crippen LogP contribution is -2.05. The molecule has 13 heavy (non-hydrogen) atoms. The predicted molar refractivity (Wildman–Crippen MR) is 50.4 cm³/mol. The van der Waals surface area contributed by atoms with Crippen molar-refractivity contribution in [3.63, 3.8) is 0 Å². The number of hydrogen-bond acceptors (Lipinski definition) is 3. The van der Waals surface area contributed by atoms with Crippen LogP contribution in [0.4, 0.5) is 0 Å². The number of ether oxygens (including phenoxy) is 2. The highest BCUT2D eigenvalue weighted by atomic mass is 16.5. The van der Waals surface area contributed by atoms with Gasteiger partial charge in [-0.25, -0.2) is 0 Å². The molecule has 3 nitrogen and oxygen atoms in total. The summed E-state index contributed by atoms with van der Waals surface area (Å²) in [6, 6.07) is 4.90. The van der Waals surface area contributed by atoms with E-state index in [4.69, 9.17) is 9.47 Å². The molecule has 0 heterocycles. The maximum absolute atomic E-state index is 9.40. The number of aromatic hydroxyl groups is 1. The fraction of sp³-hybridized carbons (Fsp3) is 0.400. The van der Waals surface area contributed by atoms with Crippen molar-refractivity contribution in [1.82, 2.24) is 0 Å².